The van der Waals surface area contributed by atoms with Gasteiger partial charge in [0.05, 0.1) is 11.7 Å². The van der Waals surface area contributed by atoms with E-state index in [1.165, 1.54) is 6.07 Å². The maximum absolute atomic E-state index is 14.7. The number of carbonyl (C=O) groups is 1. The fourth-order valence-electron chi connectivity index (χ4n) is 3.39. The lowest BCUT2D eigenvalue weighted by Crippen LogP contribution is -2.29. The molecular formula is C22H19FN4O. The molecule has 3 heterocycles. The van der Waals surface area contributed by atoms with Crippen LogP contribution in [0, 0.1) is 5.82 Å². The van der Waals surface area contributed by atoms with E-state index in [0.29, 0.717) is 28.9 Å². The van der Waals surface area contributed by atoms with Crippen LogP contribution in [0.5, 0.6) is 0 Å². The van der Waals surface area contributed by atoms with Crippen molar-refractivity contribution in [2.24, 2.45) is 0 Å². The van der Waals surface area contributed by atoms with E-state index in [0.717, 1.165) is 5.65 Å². The minimum Gasteiger partial charge on any atom is -0.335 e. The number of halogens is 1. The third-order valence-corrected chi connectivity index (χ3v) is 4.79. The van der Waals surface area contributed by atoms with E-state index in [1.807, 2.05) is 35.0 Å². The number of anilines is 1. The predicted molar refractivity (Wildman–Crippen MR) is 109 cm³/mol. The minimum atomic E-state index is -0.376. The zero-order valence-corrected chi connectivity index (χ0v) is 15.2. The average Bonchev–Trinajstić information content (AvgIpc) is 3.31. The average molecular weight is 374 g/mol. The van der Waals surface area contributed by atoms with Crippen molar-refractivity contribution >= 4 is 22.9 Å². The summed E-state index contributed by atoms with van der Waals surface area (Å²) < 4.78 is 16.6. The van der Waals surface area contributed by atoms with Crippen molar-refractivity contribution in [3.8, 4) is 0 Å². The molecule has 140 valence electrons. The number of fused-ring (bicyclic) bond motifs is 1. The molecule has 28 heavy (non-hydrogen) atoms. The number of amides is 2. The molecule has 1 fully saturated rings. The maximum atomic E-state index is 14.7. The van der Waals surface area contributed by atoms with Crippen LogP contribution in [0.15, 0.2) is 80.3 Å². The van der Waals surface area contributed by atoms with Crippen LogP contribution in [0.25, 0.3) is 11.2 Å². The fourth-order valence-corrected chi connectivity index (χ4v) is 3.39. The molecule has 1 unspecified atom stereocenters. The summed E-state index contributed by atoms with van der Waals surface area (Å²) in [6, 6.07) is 8.14. The van der Waals surface area contributed by atoms with Gasteiger partial charge < -0.3 is 9.72 Å². The second kappa shape index (κ2) is 7.15. The number of benzene rings is 1. The van der Waals surface area contributed by atoms with Crippen LogP contribution in [-0.2, 0) is 0 Å². The molecule has 2 amide bonds. The SMILES string of the molecule is C=C/C=C\C(=C)c1ccc(C2CNC(=O)N2c2ccn3ccnc3c2)cc1F. The second-order valence-electron chi connectivity index (χ2n) is 6.51. The van der Waals surface area contributed by atoms with Gasteiger partial charge in [0, 0.05) is 36.8 Å². The number of carbonyl (C=O) groups excluding carboxylic acids is 1. The van der Waals surface area contributed by atoms with E-state index in [9.17, 15) is 9.18 Å². The predicted octanol–water partition coefficient (Wildman–Crippen LogP) is 4.50. The quantitative estimate of drug-likeness (QED) is 0.669. The number of hydrogen-bond donors (Lipinski definition) is 1. The molecule has 1 N–H and O–H groups in total. The Labute approximate surface area is 162 Å². The molecule has 5 nitrogen and oxygen atoms in total. The van der Waals surface area contributed by atoms with Crippen molar-refractivity contribution in [2.75, 3.05) is 11.4 Å². The summed E-state index contributed by atoms with van der Waals surface area (Å²) in [5.74, 6) is -0.376. The normalized spacial score (nSPS) is 16.7. The Morgan fingerprint density at radius 2 is 2.14 bits per heavy atom. The fraction of sp³-hybridized carbons (Fsp3) is 0.0909. The van der Waals surface area contributed by atoms with Crippen molar-refractivity contribution in [3.63, 3.8) is 0 Å². The second-order valence-corrected chi connectivity index (χ2v) is 6.51. The van der Waals surface area contributed by atoms with Gasteiger partial charge in [-0.2, -0.15) is 0 Å². The van der Waals surface area contributed by atoms with Gasteiger partial charge in [-0.3, -0.25) is 4.90 Å². The largest absolute Gasteiger partial charge is 0.335 e. The number of nitrogens with one attached hydrogen (secondary N) is 1. The molecule has 0 radical (unpaired) electrons. The summed E-state index contributed by atoms with van der Waals surface area (Å²) in [6.45, 7) is 7.89. The van der Waals surface area contributed by atoms with Crippen LogP contribution in [0.4, 0.5) is 14.9 Å². The maximum Gasteiger partial charge on any atom is 0.322 e. The number of imidazole rings is 1. The highest BCUT2D eigenvalue weighted by atomic mass is 19.1. The van der Waals surface area contributed by atoms with Crippen molar-refractivity contribution in [1.29, 1.82) is 0 Å². The highest BCUT2D eigenvalue weighted by Crippen LogP contribution is 2.32. The zero-order valence-electron chi connectivity index (χ0n) is 15.2. The van der Waals surface area contributed by atoms with E-state index in [-0.39, 0.29) is 17.9 Å². The Bertz CT molecular complexity index is 1110. The van der Waals surface area contributed by atoms with Crippen molar-refractivity contribution in [2.45, 2.75) is 6.04 Å². The van der Waals surface area contributed by atoms with Gasteiger partial charge in [-0.1, -0.05) is 43.5 Å². The van der Waals surface area contributed by atoms with Crippen LogP contribution in [-0.4, -0.2) is 22.0 Å². The molecule has 1 atom stereocenters. The summed E-state index contributed by atoms with van der Waals surface area (Å²) >= 11 is 0. The molecule has 4 rings (SSSR count). The van der Waals surface area contributed by atoms with E-state index in [1.54, 1.807) is 35.4 Å². The molecule has 0 aliphatic carbocycles. The molecule has 6 heteroatoms. The summed E-state index contributed by atoms with van der Waals surface area (Å²) in [5, 5.41) is 2.84. The van der Waals surface area contributed by atoms with Crippen LogP contribution < -0.4 is 10.2 Å². The Morgan fingerprint density at radius 1 is 1.29 bits per heavy atom. The zero-order chi connectivity index (χ0) is 19.7. The summed E-state index contributed by atoms with van der Waals surface area (Å²) in [4.78, 5) is 18.4. The molecule has 3 aromatic rings. The van der Waals surface area contributed by atoms with Crippen LogP contribution >= 0.6 is 0 Å². The molecule has 2 aromatic heterocycles. The minimum absolute atomic E-state index is 0.219. The highest BCUT2D eigenvalue weighted by Gasteiger charge is 2.33. The number of aromatic nitrogens is 2. The Balaban J connectivity index is 1.68. The van der Waals surface area contributed by atoms with Gasteiger partial charge in [-0.25, -0.2) is 14.2 Å². The highest BCUT2D eigenvalue weighted by molar-refractivity contribution is 5.95. The van der Waals surface area contributed by atoms with Crippen molar-refractivity contribution in [1.82, 2.24) is 14.7 Å². The molecule has 1 aromatic carbocycles. The van der Waals surface area contributed by atoms with Gasteiger partial charge in [-0.15, -0.1) is 0 Å². The third kappa shape index (κ3) is 3.09. The van der Waals surface area contributed by atoms with E-state index in [2.05, 4.69) is 23.5 Å². The Kier molecular flexibility index (Phi) is 4.53. The van der Waals surface area contributed by atoms with Gasteiger partial charge in [0.15, 0.2) is 0 Å². The number of pyridine rings is 1. The Hall–Kier alpha value is -3.67. The smallest absolute Gasteiger partial charge is 0.322 e. The first kappa shape index (κ1) is 17.7. The third-order valence-electron chi connectivity index (χ3n) is 4.79. The number of hydrogen-bond acceptors (Lipinski definition) is 2. The molecule has 0 saturated carbocycles. The van der Waals surface area contributed by atoms with Crippen LogP contribution in [0.1, 0.15) is 17.2 Å². The number of urea groups is 1. The molecule has 1 saturated heterocycles. The van der Waals surface area contributed by atoms with Gasteiger partial charge in [0.1, 0.15) is 11.5 Å². The van der Waals surface area contributed by atoms with Gasteiger partial charge in [0.25, 0.3) is 0 Å². The number of rotatable bonds is 5. The van der Waals surface area contributed by atoms with Gasteiger partial charge in [0.2, 0.25) is 0 Å². The van der Waals surface area contributed by atoms with E-state index in [4.69, 9.17) is 0 Å². The van der Waals surface area contributed by atoms with Gasteiger partial charge >= 0.3 is 6.03 Å². The topological polar surface area (TPSA) is 49.6 Å². The first-order valence-electron chi connectivity index (χ1n) is 8.86. The van der Waals surface area contributed by atoms with E-state index < -0.39 is 0 Å². The van der Waals surface area contributed by atoms with Crippen molar-refractivity contribution < 1.29 is 9.18 Å². The first-order valence-corrected chi connectivity index (χ1v) is 8.86. The number of nitrogens with zero attached hydrogens (tertiary/aromatic N) is 3. The molecular weight excluding hydrogens is 355 g/mol. The lowest BCUT2D eigenvalue weighted by Gasteiger charge is -2.24. The molecule has 0 spiro atoms. The lowest BCUT2D eigenvalue weighted by atomic mass is 10.00. The number of allylic oxidation sites excluding steroid dienone is 4. The molecule has 1 aliphatic heterocycles. The van der Waals surface area contributed by atoms with Gasteiger partial charge in [-0.05, 0) is 23.3 Å². The van der Waals surface area contributed by atoms with Crippen LogP contribution in [0.2, 0.25) is 0 Å². The monoisotopic (exact) mass is 374 g/mol. The standard InChI is InChI=1S/C22H19FN4O/c1-3-4-5-15(2)18-7-6-16(12-19(18)23)20-14-25-22(28)27(20)17-8-10-26-11-9-24-21(26)13-17/h3-13,20H,1-2,14H2,(H,25,28)/b5-4-. The summed E-state index contributed by atoms with van der Waals surface area (Å²) in [7, 11) is 0. The molecule has 1 aliphatic rings. The Morgan fingerprint density at radius 3 is 2.93 bits per heavy atom. The van der Waals surface area contributed by atoms with E-state index >= 15 is 0 Å². The van der Waals surface area contributed by atoms with Crippen LogP contribution in [0.3, 0.4) is 0 Å². The lowest BCUT2D eigenvalue weighted by molar-refractivity contribution is 0.251. The first-order chi connectivity index (χ1) is 13.6. The molecule has 0 bridgehead atoms. The van der Waals surface area contributed by atoms with Crippen molar-refractivity contribution in [3.05, 3.63) is 97.3 Å². The summed E-state index contributed by atoms with van der Waals surface area (Å²) in [6.07, 6.45) is 10.4. The summed E-state index contributed by atoms with van der Waals surface area (Å²) in [5.41, 5.74) is 3.14.